The van der Waals surface area contributed by atoms with Crippen LogP contribution in [0.5, 0.6) is 0 Å². The first-order valence-electron chi connectivity index (χ1n) is 13.1. The molecule has 3 aromatic rings. The lowest BCUT2D eigenvalue weighted by Crippen LogP contribution is -2.55. The molecule has 3 heterocycles. The van der Waals surface area contributed by atoms with E-state index in [2.05, 4.69) is 18.0 Å². The Bertz CT molecular complexity index is 1340. The number of amides is 2. The fourth-order valence-electron chi connectivity index (χ4n) is 5.55. The normalized spacial score (nSPS) is 19.6. The molecule has 1 aromatic carbocycles. The van der Waals surface area contributed by atoms with Crippen LogP contribution in [0.4, 0.5) is 4.79 Å². The number of aromatic nitrogens is 2. The molecule has 0 radical (unpaired) electrons. The third-order valence-electron chi connectivity index (χ3n) is 7.55. The molecule has 1 aliphatic carbocycles. The molecule has 2 aliphatic rings. The number of pyridine rings is 2. The van der Waals surface area contributed by atoms with Gasteiger partial charge in [0, 0.05) is 60.1 Å². The van der Waals surface area contributed by atoms with Gasteiger partial charge in [-0.1, -0.05) is 30.7 Å². The second-order valence-electron chi connectivity index (χ2n) is 10.1. The van der Waals surface area contributed by atoms with Crippen molar-refractivity contribution in [2.45, 2.75) is 58.4 Å². The van der Waals surface area contributed by atoms with E-state index < -0.39 is 0 Å². The van der Waals surface area contributed by atoms with E-state index in [1.54, 1.807) is 4.90 Å². The number of carbonyl (C=O) groups is 2. The summed E-state index contributed by atoms with van der Waals surface area (Å²) in [6.45, 7) is 7.81. The van der Waals surface area contributed by atoms with Crippen molar-refractivity contribution in [3.8, 4) is 0 Å². The molecule has 7 nitrogen and oxygen atoms in total. The van der Waals surface area contributed by atoms with Crippen LogP contribution in [0.2, 0.25) is 5.02 Å². The van der Waals surface area contributed by atoms with E-state index in [0.29, 0.717) is 37.7 Å². The summed E-state index contributed by atoms with van der Waals surface area (Å²) in [7, 11) is 0. The largest absolute Gasteiger partial charge is 0.449 e. The maximum atomic E-state index is 13.5. The number of carbonyl (C=O) groups excluding carboxylic acids is 2. The molecule has 1 fully saturated rings. The summed E-state index contributed by atoms with van der Waals surface area (Å²) in [6.07, 6.45) is 4.96. The van der Waals surface area contributed by atoms with E-state index in [4.69, 9.17) is 21.3 Å². The monoisotopic (exact) mass is 520 g/mol. The number of benzene rings is 1. The molecule has 37 heavy (non-hydrogen) atoms. The summed E-state index contributed by atoms with van der Waals surface area (Å²) >= 11 is 6.87. The number of nitrogens with zero attached hydrogens (tertiary/aromatic N) is 4. The first-order valence-corrected chi connectivity index (χ1v) is 13.5. The van der Waals surface area contributed by atoms with Crippen LogP contribution in [-0.2, 0) is 17.6 Å². The molecule has 2 amide bonds. The smallest absolute Gasteiger partial charge is 0.409 e. The Morgan fingerprint density at radius 2 is 2.05 bits per heavy atom. The number of halogens is 1. The fourth-order valence-corrected chi connectivity index (χ4v) is 5.92. The zero-order chi connectivity index (χ0) is 26.1. The zero-order valence-corrected chi connectivity index (χ0v) is 22.4. The van der Waals surface area contributed by atoms with Crippen molar-refractivity contribution in [3.05, 3.63) is 69.6 Å². The fraction of sp³-hybridized carbons (Fsp3) is 0.448. The van der Waals surface area contributed by atoms with Gasteiger partial charge in [0.2, 0.25) is 0 Å². The Kier molecular flexibility index (Phi) is 7.33. The standard InChI is InChI=1S/C29H33ClN4O3/c1-4-14-37-29(36)33-12-13-34(19(3)17-33)28(35)21-8-10-23-25(16-21)32-24-15-20(7-9-22(24)26(23)30)27-18(2)6-5-11-31-27/h5-6,8,10-11,16,19-20H,4,7,9,12-15,17H2,1-3H3/t19-,20?/m0/s1. The molecule has 1 unspecified atom stereocenters. The highest BCUT2D eigenvalue weighted by atomic mass is 35.5. The lowest BCUT2D eigenvalue weighted by Gasteiger charge is -2.39. The first-order chi connectivity index (χ1) is 17.9. The van der Waals surface area contributed by atoms with Crippen molar-refractivity contribution in [2.75, 3.05) is 26.2 Å². The van der Waals surface area contributed by atoms with Crippen LogP contribution in [0.1, 0.15) is 65.5 Å². The predicted molar refractivity (Wildman–Crippen MR) is 144 cm³/mol. The summed E-state index contributed by atoms with van der Waals surface area (Å²) in [6, 6.07) is 9.56. The molecule has 5 rings (SSSR count). The van der Waals surface area contributed by atoms with Crippen molar-refractivity contribution >= 4 is 34.5 Å². The summed E-state index contributed by atoms with van der Waals surface area (Å²) < 4.78 is 5.27. The van der Waals surface area contributed by atoms with Crippen LogP contribution in [0, 0.1) is 6.92 Å². The Labute approximate surface area is 222 Å². The van der Waals surface area contributed by atoms with Gasteiger partial charge in [-0.05, 0) is 68.9 Å². The van der Waals surface area contributed by atoms with Gasteiger partial charge in [-0.2, -0.15) is 0 Å². The minimum Gasteiger partial charge on any atom is -0.449 e. The van der Waals surface area contributed by atoms with Crippen molar-refractivity contribution in [3.63, 3.8) is 0 Å². The minimum absolute atomic E-state index is 0.0615. The molecule has 1 aliphatic heterocycles. The van der Waals surface area contributed by atoms with Crippen LogP contribution in [0.15, 0.2) is 36.5 Å². The molecule has 0 saturated carbocycles. The number of aryl methyl sites for hydroxylation is 1. The Balaban J connectivity index is 1.37. The maximum Gasteiger partial charge on any atom is 0.409 e. The number of hydrogen-bond donors (Lipinski definition) is 0. The van der Waals surface area contributed by atoms with E-state index in [0.717, 1.165) is 58.6 Å². The van der Waals surface area contributed by atoms with Crippen molar-refractivity contribution in [2.24, 2.45) is 0 Å². The van der Waals surface area contributed by atoms with Gasteiger partial charge in [0.05, 0.1) is 17.1 Å². The molecule has 194 valence electrons. The Morgan fingerprint density at radius 3 is 2.81 bits per heavy atom. The molecule has 0 bridgehead atoms. The number of fused-ring (bicyclic) bond motifs is 2. The van der Waals surface area contributed by atoms with E-state index in [9.17, 15) is 9.59 Å². The summed E-state index contributed by atoms with van der Waals surface area (Å²) in [5.41, 5.74) is 5.75. The van der Waals surface area contributed by atoms with Gasteiger partial charge in [0.25, 0.3) is 5.91 Å². The van der Waals surface area contributed by atoms with Crippen LogP contribution < -0.4 is 0 Å². The maximum absolute atomic E-state index is 13.5. The SMILES string of the molecule is CCCOC(=O)N1CCN(C(=O)c2ccc3c(Cl)c4c(nc3c2)CC(c2ncccc2C)CC4)[C@@H](C)C1. The third kappa shape index (κ3) is 5.01. The Hall–Kier alpha value is -3.19. The van der Waals surface area contributed by atoms with Gasteiger partial charge < -0.3 is 14.5 Å². The molecular formula is C29H33ClN4O3. The average Bonchev–Trinajstić information content (AvgIpc) is 2.91. The van der Waals surface area contributed by atoms with Crippen molar-refractivity contribution in [1.29, 1.82) is 0 Å². The van der Waals surface area contributed by atoms with Crippen LogP contribution in [-0.4, -0.2) is 64.1 Å². The Morgan fingerprint density at radius 1 is 1.22 bits per heavy atom. The quantitative estimate of drug-likeness (QED) is 0.450. The van der Waals surface area contributed by atoms with Crippen LogP contribution >= 0.6 is 11.6 Å². The third-order valence-corrected chi connectivity index (χ3v) is 7.98. The highest BCUT2D eigenvalue weighted by Crippen LogP contribution is 2.38. The second kappa shape index (κ2) is 10.7. The first kappa shape index (κ1) is 25.5. The van der Waals surface area contributed by atoms with E-state index in [1.807, 2.05) is 49.2 Å². The summed E-state index contributed by atoms with van der Waals surface area (Å²) in [5.74, 6) is 0.245. The zero-order valence-electron chi connectivity index (χ0n) is 21.7. The highest BCUT2D eigenvalue weighted by Gasteiger charge is 2.32. The van der Waals surface area contributed by atoms with Gasteiger partial charge >= 0.3 is 6.09 Å². The van der Waals surface area contributed by atoms with E-state index in [-0.39, 0.29) is 18.0 Å². The summed E-state index contributed by atoms with van der Waals surface area (Å²) in [5, 5.41) is 1.61. The molecule has 2 atom stereocenters. The van der Waals surface area contributed by atoms with E-state index in [1.165, 1.54) is 5.56 Å². The van der Waals surface area contributed by atoms with Crippen LogP contribution in [0.3, 0.4) is 0 Å². The topological polar surface area (TPSA) is 75.6 Å². The van der Waals surface area contributed by atoms with Gasteiger partial charge in [-0.25, -0.2) is 4.79 Å². The van der Waals surface area contributed by atoms with Gasteiger partial charge in [0.15, 0.2) is 0 Å². The molecule has 8 heteroatoms. The molecular weight excluding hydrogens is 488 g/mol. The number of hydrogen-bond acceptors (Lipinski definition) is 5. The van der Waals surface area contributed by atoms with Crippen molar-refractivity contribution < 1.29 is 14.3 Å². The average molecular weight is 521 g/mol. The van der Waals surface area contributed by atoms with Crippen molar-refractivity contribution in [1.82, 2.24) is 19.8 Å². The number of rotatable bonds is 4. The summed E-state index contributed by atoms with van der Waals surface area (Å²) in [4.78, 5) is 38.9. The van der Waals surface area contributed by atoms with Gasteiger partial charge in [-0.3, -0.25) is 14.8 Å². The number of piperazine rings is 1. The van der Waals surface area contributed by atoms with E-state index >= 15 is 0 Å². The van der Waals surface area contributed by atoms with Gasteiger partial charge in [-0.15, -0.1) is 0 Å². The molecule has 1 saturated heterocycles. The molecule has 0 spiro atoms. The minimum atomic E-state index is -0.311. The predicted octanol–water partition coefficient (Wildman–Crippen LogP) is 5.56. The molecule has 2 aromatic heterocycles. The van der Waals surface area contributed by atoms with Gasteiger partial charge in [0.1, 0.15) is 0 Å². The highest BCUT2D eigenvalue weighted by molar-refractivity contribution is 6.36. The lowest BCUT2D eigenvalue weighted by molar-refractivity contribution is 0.0414. The van der Waals surface area contributed by atoms with Crippen LogP contribution in [0.25, 0.3) is 10.9 Å². The number of ether oxygens (including phenoxy) is 1. The lowest BCUT2D eigenvalue weighted by atomic mass is 9.83. The second-order valence-corrected chi connectivity index (χ2v) is 10.5. The molecule has 0 N–H and O–H groups in total.